The van der Waals surface area contributed by atoms with Gasteiger partial charge in [-0.3, -0.25) is 0 Å². The van der Waals surface area contributed by atoms with E-state index in [0.29, 0.717) is 0 Å². The fraction of sp³-hybridized carbons (Fsp3) is 0.750. The van der Waals surface area contributed by atoms with E-state index >= 15 is 0 Å². The Morgan fingerprint density at radius 2 is 1.28 bits per heavy atom. The van der Waals surface area contributed by atoms with Gasteiger partial charge in [-0.1, -0.05) is 89.7 Å². The van der Waals surface area contributed by atoms with Crippen LogP contribution in [0.3, 0.4) is 0 Å². The SMILES string of the molecule is C=C(CCC)N(C)CCCCCCCC/C=C\C/C=C\CCCCC. The lowest BCUT2D eigenvalue weighted by atomic mass is 10.1. The van der Waals surface area contributed by atoms with Crippen LogP contribution in [0.15, 0.2) is 36.6 Å². The fourth-order valence-electron chi connectivity index (χ4n) is 2.97. The van der Waals surface area contributed by atoms with Crippen LogP contribution in [0.5, 0.6) is 0 Å². The average molecular weight is 348 g/mol. The van der Waals surface area contributed by atoms with Crippen LogP contribution in [0.1, 0.15) is 104 Å². The summed E-state index contributed by atoms with van der Waals surface area (Å²) in [6, 6.07) is 0. The minimum Gasteiger partial charge on any atom is -0.378 e. The van der Waals surface area contributed by atoms with Gasteiger partial charge >= 0.3 is 0 Å². The van der Waals surface area contributed by atoms with Crippen molar-refractivity contribution in [3.63, 3.8) is 0 Å². The molecule has 0 aliphatic heterocycles. The van der Waals surface area contributed by atoms with Crippen LogP contribution < -0.4 is 0 Å². The predicted octanol–water partition coefficient (Wildman–Crippen LogP) is 8.05. The average Bonchev–Trinajstić information content (AvgIpc) is 2.61. The third-order valence-corrected chi connectivity index (χ3v) is 4.77. The third kappa shape index (κ3) is 17.6. The summed E-state index contributed by atoms with van der Waals surface area (Å²) in [4.78, 5) is 2.34. The molecule has 146 valence electrons. The largest absolute Gasteiger partial charge is 0.378 e. The summed E-state index contributed by atoms with van der Waals surface area (Å²) >= 11 is 0. The highest BCUT2D eigenvalue weighted by Gasteiger charge is 2.00. The van der Waals surface area contributed by atoms with E-state index in [-0.39, 0.29) is 0 Å². The molecule has 0 aromatic carbocycles. The van der Waals surface area contributed by atoms with E-state index in [0.717, 1.165) is 12.8 Å². The molecule has 0 aromatic rings. The second-order valence-corrected chi connectivity index (χ2v) is 7.32. The van der Waals surface area contributed by atoms with Gasteiger partial charge in [0.2, 0.25) is 0 Å². The van der Waals surface area contributed by atoms with Gasteiger partial charge in [0.1, 0.15) is 0 Å². The fourth-order valence-corrected chi connectivity index (χ4v) is 2.97. The number of rotatable bonds is 18. The second-order valence-electron chi connectivity index (χ2n) is 7.32. The van der Waals surface area contributed by atoms with Crippen molar-refractivity contribution in [3.05, 3.63) is 36.6 Å². The number of hydrogen-bond acceptors (Lipinski definition) is 1. The summed E-state index contributed by atoms with van der Waals surface area (Å²) in [5, 5.41) is 0. The molecule has 0 fully saturated rings. The maximum absolute atomic E-state index is 4.15. The zero-order chi connectivity index (χ0) is 18.6. The van der Waals surface area contributed by atoms with E-state index in [1.165, 1.54) is 89.3 Å². The third-order valence-electron chi connectivity index (χ3n) is 4.77. The van der Waals surface area contributed by atoms with Crippen molar-refractivity contribution < 1.29 is 0 Å². The van der Waals surface area contributed by atoms with Crippen molar-refractivity contribution in [1.82, 2.24) is 4.90 Å². The van der Waals surface area contributed by atoms with Crippen LogP contribution in [-0.4, -0.2) is 18.5 Å². The Morgan fingerprint density at radius 3 is 1.88 bits per heavy atom. The Balaban J connectivity index is 3.30. The van der Waals surface area contributed by atoms with E-state index in [1.807, 2.05) is 0 Å². The normalized spacial score (nSPS) is 11.6. The van der Waals surface area contributed by atoms with Crippen molar-refractivity contribution in [2.75, 3.05) is 13.6 Å². The molecule has 0 saturated carbocycles. The lowest BCUT2D eigenvalue weighted by Gasteiger charge is -2.21. The van der Waals surface area contributed by atoms with Crippen LogP contribution in [0.25, 0.3) is 0 Å². The molecule has 0 heterocycles. The summed E-state index contributed by atoms with van der Waals surface area (Å²) in [7, 11) is 2.19. The van der Waals surface area contributed by atoms with Gasteiger partial charge in [-0.15, -0.1) is 0 Å². The summed E-state index contributed by atoms with van der Waals surface area (Å²) < 4.78 is 0. The van der Waals surface area contributed by atoms with Crippen LogP contribution in [0.2, 0.25) is 0 Å². The molecule has 0 atom stereocenters. The van der Waals surface area contributed by atoms with E-state index in [4.69, 9.17) is 0 Å². The Hall–Kier alpha value is -0.980. The molecule has 1 heteroatoms. The smallest absolute Gasteiger partial charge is 0.0171 e. The number of hydrogen-bond donors (Lipinski definition) is 0. The molecule has 0 radical (unpaired) electrons. The molecule has 0 amide bonds. The minimum absolute atomic E-state index is 1.11. The van der Waals surface area contributed by atoms with Crippen molar-refractivity contribution in [2.45, 2.75) is 104 Å². The van der Waals surface area contributed by atoms with Crippen molar-refractivity contribution in [1.29, 1.82) is 0 Å². The molecule has 0 aromatic heterocycles. The second kappa shape index (κ2) is 19.3. The van der Waals surface area contributed by atoms with Crippen LogP contribution in [0, 0.1) is 0 Å². The molecular formula is C24H45N. The Morgan fingerprint density at radius 1 is 0.720 bits per heavy atom. The molecule has 25 heavy (non-hydrogen) atoms. The quantitative estimate of drug-likeness (QED) is 0.179. The highest BCUT2D eigenvalue weighted by Crippen LogP contribution is 2.11. The van der Waals surface area contributed by atoms with Gasteiger partial charge < -0.3 is 4.90 Å². The monoisotopic (exact) mass is 347 g/mol. The van der Waals surface area contributed by atoms with E-state index in [9.17, 15) is 0 Å². The van der Waals surface area contributed by atoms with Gasteiger partial charge in [0, 0.05) is 19.3 Å². The van der Waals surface area contributed by atoms with Gasteiger partial charge in [0.15, 0.2) is 0 Å². The lowest BCUT2D eigenvalue weighted by molar-refractivity contribution is 0.384. The Kier molecular flexibility index (Phi) is 18.6. The summed E-state index contributed by atoms with van der Waals surface area (Å²) in [5.74, 6) is 0. The molecule has 0 unspecified atom stereocenters. The standard InChI is InChI=1S/C24H45N/c1-5-7-8-9-10-11-12-13-14-15-16-17-18-19-20-21-23-25(4)24(3)22-6-2/h10-11,13-14H,3,5-9,12,15-23H2,1-2,4H3/b11-10-,14-13-. The molecule has 0 aliphatic rings. The van der Waals surface area contributed by atoms with Gasteiger partial charge in [-0.05, 0) is 44.9 Å². The molecule has 1 nitrogen and oxygen atoms in total. The first-order chi connectivity index (χ1) is 12.2. The molecule has 0 bridgehead atoms. The molecular weight excluding hydrogens is 302 g/mol. The van der Waals surface area contributed by atoms with Crippen molar-refractivity contribution in [3.8, 4) is 0 Å². The minimum atomic E-state index is 1.11. The number of nitrogens with zero attached hydrogens (tertiary/aromatic N) is 1. The summed E-state index contributed by atoms with van der Waals surface area (Å²) in [6.07, 6.45) is 27.5. The molecule has 0 spiro atoms. The topological polar surface area (TPSA) is 3.24 Å². The first-order valence-electron chi connectivity index (χ1n) is 10.9. The maximum Gasteiger partial charge on any atom is 0.0171 e. The van der Waals surface area contributed by atoms with Crippen LogP contribution in [-0.2, 0) is 0 Å². The summed E-state index contributed by atoms with van der Waals surface area (Å²) in [5.41, 5.74) is 1.30. The first-order valence-corrected chi connectivity index (χ1v) is 10.9. The van der Waals surface area contributed by atoms with Gasteiger partial charge in [-0.2, -0.15) is 0 Å². The maximum atomic E-state index is 4.15. The molecule has 0 aliphatic carbocycles. The van der Waals surface area contributed by atoms with E-state index < -0.39 is 0 Å². The Bertz CT molecular complexity index is 340. The molecule has 0 saturated heterocycles. The summed E-state index contributed by atoms with van der Waals surface area (Å²) in [6.45, 7) is 9.81. The van der Waals surface area contributed by atoms with Gasteiger partial charge in [0.25, 0.3) is 0 Å². The van der Waals surface area contributed by atoms with E-state index in [1.54, 1.807) is 0 Å². The van der Waals surface area contributed by atoms with Crippen molar-refractivity contribution in [2.24, 2.45) is 0 Å². The molecule has 0 N–H and O–H groups in total. The van der Waals surface area contributed by atoms with E-state index in [2.05, 4.69) is 56.7 Å². The van der Waals surface area contributed by atoms with Gasteiger partial charge in [0.05, 0.1) is 0 Å². The molecule has 0 rings (SSSR count). The zero-order valence-electron chi connectivity index (χ0n) is 17.6. The highest BCUT2D eigenvalue weighted by molar-refractivity contribution is 4.93. The number of allylic oxidation sites excluding steroid dienone is 5. The number of unbranched alkanes of at least 4 members (excludes halogenated alkanes) is 9. The van der Waals surface area contributed by atoms with Crippen molar-refractivity contribution >= 4 is 0 Å². The highest BCUT2D eigenvalue weighted by atomic mass is 15.1. The van der Waals surface area contributed by atoms with Crippen LogP contribution >= 0.6 is 0 Å². The van der Waals surface area contributed by atoms with Gasteiger partial charge in [-0.25, -0.2) is 0 Å². The first kappa shape index (κ1) is 24.0. The van der Waals surface area contributed by atoms with Crippen LogP contribution in [0.4, 0.5) is 0 Å². The zero-order valence-corrected chi connectivity index (χ0v) is 17.6. The lowest BCUT2D eigenvalue weighted by Crippen LogP contribution is -2.18. The predicted molar refractivity (Wildman–Crippen MR) is 116 cm³/mol. The Labute approximate surface area is 159 Å².